The molecule has 0 radical (unpaired) electrons. The number of amides is 2. The molecular formula is C23H29Cl2N3O4S. The van der Waals surface area contributed by atoms with Crippen molar-refractivity contribution in [2.75, 3.05) is 23.7 Å². The van der Waals surface area contributed by atoms with Crippen LogP contribution in [0, 0.1) is 5.92 Å². The van der Waals surface area contributed by atoms with E-state index in [1.54, 1.807) is 6.92 Å². The zero-order valence-electron chi connectivity index (χ0n) is 19.1. The standard InChI is InChI=1S/C23H29Cl2N3O4S/c1-16(2)13-26-23(30)17(3)27(14-18-8-6-5-7-9-18)22(29)15-28(33(4,31)32)21-11-10-19(24)12-20(21)25/h5-12,16-17H,13-15H2,1-4H3,(H,26,30). The zero-order chi connectivity index (χ0) is 24.8. The minimum Gasteiger partial charge on any atom is -0.354 e. The summed E-state index contributed by atoms with van der Waals surface area (Å²) in [5.41, 5.74) is 0.943. The van der Waals surface area contributed by atoms with Gasteiger partial charge in [0.15, 0.2) is 0 Å². The molecule has 1 N–H and O–H groups in total. The second-order valence-corrected chi connectivity index (χ2v) is 10.9. The molecule has 1 atom stereocenters. The van der Waals surface area contributed by atoms with E-state index < -0.39 is 28.5 Å². The van der Waals surface area contributed by atoms with Crippen molar-refractivity contribution in [1.29, 1.82) is 0 Å². The van der Waals surface area contributed by atoms with E-state index in [0.29, 0.717) is 11.6 Å². The van der Waals surface area contributed by atoms with Crippen LogP contribution in [-0.4, -0.2) is 50.5 Å². The fraction of sp³-hybridized carbons (Fsp3) is 0.391. The Hall–Kier alpha value is -2.29. The lowest BCUT2D eigenvalue weighted by molar-refractivity contribution is -0.139. The van der Waals surface area contributed by atoms with Crippen LogP contribution in [0.15, 0.2) is 48.5 Å². The van der Waals surface area contributed by atoms with E-state index in [1.807, 2.05) is 44.2 Å². The van der Waals surface area contributed by atoms with Crippen molar-refractivity contribution in [3.63, 3.8) is 0 Å². The fourth-order valence-electron chi connectivity index (χ4n) is 3.09. The summed E-state index contributed by atoms with van der Waals surface area (Å²) in [6.07, 6.45) is 0.992. The highest BCUT2D eigenvalue weighted by Gasteiger charge is 2.30. The van der Waals surface area contributed by atoms with E-state index in [1.165, 1.54) is 23.1 Å². The van der Waals surface area contributed by atoms with Crippen LogP contribution >= 0.6 is 23.2 Å². The molecule has 0 heterocycles. The number of anilines is 1. The number of hydrogen-bond donors (Lipinski definition) is 1. The summed E-state index contributed by atoms with van der Waals surface area (Å²) in [7, 11) is -3.86. The van der Waals surface area contributed by atoms with E-state index >= 15 is 0 Å². The van der Waals surface area contributed by atoms with Gasteiger partial charge < -0.3 is 10.2 Å². The minimum atomic E-state index is -3.86. The summed E-state index contributed by atoms with van der Waals surface area (Å²) in [5.74, 6) is -0.613. The number of nitrogens with zero attached hydrogens (tertiary/aromatic N) is 2. The molecule has 0 saturated carbocycles. The third kappa shape index (κ3) is 7.91. The normalized spacial score (nSPS) is 12.3. The van der Waals surface area contributed by atoms with Gasteiger partial charge in [-0.05, 0) is 36.6 Å². The predicted octanol–water partition coefficient (Wildman–Crippen LogP) is 3.95. The van der Waals surface area contributed by atoms with Crippen molar-refractivity contribution in [3.05, 3.63) is 64.1 Å². The number of nitrogens with one attached hydrogen (secondary N) is 1. The van der Waals surface area contributed by atoms with Crippen LogP contribution < -0.4 is 9.62 Å². The number of sulfonamides is 1. The van der Waals surface area contributed by atoms with Gasteiger partial charge in [-0.3, -0.25) is 13.9 Å². The average Bonchev–Trinajstić information content (AvgIpc) is 2.74. The van der Waals surface area contributed by atoms with Crippen molar-refractivity contribution in [2.45, 2.75) is 33.4 Å². The molecule has 1 unspecified atom stereocenters. The smallest absolute Gasteiger partial charge is 0.244 e. The number of halogens is 2. The maximum absolute atomic E-state index is 13.4. The van der Waals surface area contributed by atoms with Gasteiger partial charge in [-0.15, -0.1) is 0 Å². The molecule has 180 valence electrons. The first kappa shape index (κ1) is 27.0. The molecule has 0 aromatic heterocycles. The molecule has 2 amide bonds. The van der Waals surface area contributed by atoms with E-state index in [2.05, 4.69) is 5.32 Å². The lowest BCUT2D eigenvalue weighted by atomic mass is 10.1. The topological polar surface area (TPSA) is 86.8 Å². The maximum atomic E-state index is 13.4. The highest BCUT2D eigenvalue weighted by Crippen LogP contribution is 2.30. The summed E-state index contributed by atoms with van der Waals surface area (Å²) in [5, 5.41) is 3.27. The Labute approximate surface area is 205 Å². The van der Waals surface area contributed by atoms with Crippen LogP contribution in [-0.2, 0) is 26.2 Å². The van der Waals surface area contributed by atoms with Gasteiger partial charge in [-0.25, -0.2) is 8.42 Å². The summed E-state index contributed by atoms with van der Waals surface area (Å²) in [6.45, 7) is 5.65. The molecule has 0 spiro atoms. The number of rotatable bonds is 10. The maximum Gasteiger partial charge on any atom is 0.244 e. The quantitative estimate of drug-likeness (QED) is 0.520. The Bertz CT molecular complexity index is 1080. The fourth-order valence-corrected chi connectivity index (χ4v) is 4.52. The first-order chi connectivity index (χ1) is 15.4. The van der Waals surface area contributed by atoms with Crippen LogP contribution in [0.1, 0.15) is 26.3 Å². The van der Waals surface area contributed by atoms with Crippen LogP contribution in [0.3, 0.4) is 0 Å². The van der Waals surface area contributed by atoms with E-state index in [0.717, 1.165) is 16.1 Å². The van der Waals surface area contributed by atoms with Gasteiger partial charge in [0.25, 0.3) is 0 Å². The average molecular weight is 514 g/mol. The largest absolute Gasteiger partial charge is 0.354 e. The van der Waals surface area contributed by atoms with E-state index in [9.17, 15) is 18.0 Å². The Morgan fingerprint density at radius 1 is 1.03 bits per heavy atom. The van der Waals surface area contributed by atoms with Gasteiger partial charge in [0.1, 0.15) is 12.6 Å². The summed E-state index contributed by atoms with van der Waals surface area (Å²) < 4.78 is 26.0. The van der Waals surface area contributed by atoms with Gasteiger partial charge in [-0.1, -0.05) is 67.4 Å². The highest BCUT2D eigenvalue weighted by atomic mass is 35.5. The molecule has 10 heteroatoms. The molecule has 0 fully saturated rings. The molecule has 2 aromatic rings. The molecule has 7 nitrogen and oxygen atoms in total. The van der Waals surface area contributed by atoms with Gasteiger partial charge in [0, 0.05) is 18.1 Å². The van der Waals surface area contributed by atoms with Crippen LogP contribution in [0.25, 0.3) is 0 Å². The predicted molar refractivity (Wildman–Crippen MR) is 133 cm³/mol. The molecule has 0 saturated heterocycles. The Kier molecular flexibility index (Phi) is 9.57. The lowest BCUT2D eigenvalue weighted by Crippen LogP contribution is -2.51. The first-order valence-corrected chi connectivity index (χ1v) is 13.0. The van der Waals surface area contributed by atoms with Crippen molar-refractivity contribution < 1.29 is 18.0 Å². The molecule has 0 aliphatic rings. The minimum absolute atomic E-state index is 0.0954. The van der Waals surface area contributed by atoms with Crippen LogP contribution in [0.4, 0.5) is 5.69 Å². The lowest BCUT2D eigenvalue weighted by Gasteiger charge is -2.31. The Morgan fingerprint density at radius 3 is 2.21 bits per heavy atom. The van der Waals surface area contributed by atoms with Crippen LogP contribution in [0.2, 0.25) is 10.0 Å². The third-order valence-electron chi connectivity index (χ3n) is 4.91. The van der Waals surface area contributed by atoms with Gasteiger partial charge in [0.2, 0.25) is 21.8 Å². The van der Waals surface area contributed by atoms with Crippen LogP contribution in [0.5, 0.6) is 0 Å². The number of carbonyl (C=O) groups excluding carboxylic acids is 2. The second-order valence-electron chi connectivity index (χ2n) is 8.19. The number of hydrogen-bond acceptors (Lipinski definition) is 4. The number of carbonyl (C=O) groups is 2. The summed E-state index contributed by atoms with van der Waals surface area (Å²) >= 11 is 12.2. The Morgan fingerprint density at radius 2 is 1.67 bits per heavy atom. The molecule has 0 bridgehead atoms. The van der Waals surface area contributed by atoms with Crippen molar-refractivity contribution >= 4 is 50.7 Å². The summed E-state index contributed by atoms with van der Waals surface area (Å²) in [4.78, 5) is 27.5. The van der Waals surface area contributed by atoms with E-state index in [4.69, 9.17) is 23.2 Å². The summed E-state index contributed by atoms with van der Waals surface area (Å²) in [6, 6.07) is 12.7. The molecule has 33 heavy (non-hydrogen) atoms. The highest BCUT2D eigenvalue weighted by molar-refractivity contribution is 7.92. The molecule has 0 aliphatic carbocycles. The van der Waals surface area contributed by atoms with Crippen molar-refractivity contribution in [2.24, 2.45) is 5.92 Å². The van der Waals surface area contributed by atoms with E-state index in [-0.39, 0.29) is 29.1 Å². The molecule has 2 rings (SSSR count). The van der Waals surface area contributed by atoms with Crippen molar-refractivity contribution in [3.8, 4) is 0 Å². The number of benzene rings is 2. The first-order valence-electron chi connectivity index (χ1n) is 10.4. The monoisotopic (exact) mass is 513 g/mol. The molecule has 2 aromatic carbocycles. The Balaban J connectivity index is 2.37. The zero-order valence-corrected chi connectivity index (χ0v) is 21.4. The molecule has 0 aliphatic heterocycles. The SMILES string of the molecule is CC(C)CNC(=O)C(C)N(Cc1ccccc1)C(=O)CN(c1ccc(Cl)cc1Cl)S(C)(=O)=O. The van der Waals surface area contributed by atoms with Gasteiger partial charge >= 0.3 is 0 Å². The second kappa shape index (κ2) is 11.7. The van der Waals surface area contributed by atoms with Gasteiger partial charge in [-0.2, -0.15) is 0 Å². The van der Waals surface area contributed by atoms with Crippen molar-refractivity contribution in [1.82, 2.24) is 10.2 Å². The molecular weight excluding hydrogens is 485 g/mol. The third-order valence-corrected chi connectivity index (χ3v) is 6.57. The van der Waals surface area contributed by atoms with Gasteiger partial charge in [0.05, 0.1) is 17.0 Å².